The Morgan fingerprint density at radius 1 is 0.917 bits per heavy atom. The number of carbonyl (C=O) groups is 1. The van der Waals surface area contributed by atoms with Crippen molar-refractivity contribution in [2.75, 3.05) is 34.5 Å². The highest BCUT2D eigenvalue weighted by Gasteiger charge is 2.52. The van der Waals surface area contributed by atoms with Crippen molar-refractivity contribution in [3.8, 4) is 23.0 Å². The maximum absolute atomic E-state index is 14.4. The zero-order chi connectivity index (χ0) is 33.8. The predicted octanol–water partition coefficient (Wildman–Crippen LogP) is 5.66. The summed E-state index contributed by atoms with van der Waals surface area (Å²) in [6.07, 6.45) is 4.01. The van der Waals surface area contributed by atoms with Crippen LogP contribution < -0.4 is 29.8 Å². The molecule has 2 atom stereocenters. The number of carbonyl (C=O) groups excluding carboxylic acids is 1. The SMILES string of the molecule is COc1cc(CNNC(=O)[C@@]2(C/C=C/c3ccccc3)N=C(c3ccc(OCCCO)cc3)O[C@H]2c2ccccc2)cc(OC)c1OC. The fourth-order valence-corrected chi connectivity index (χ4v) is 5.45. The molecule has 0 unspecified atom stereocenters. The molecule has 10 heteroatoms. The maximum atomic E-state index is 14.4. The van der Waals surface area contributed by atoms with Crippen molar-refractivity contribution in [1.82, 2.24) is 10.9 Å². The van der Waals surface area contributed by atoms with E-state index in [1.807, 2.05) is 109 Å². The van der Waals surface area contributed by atoms with Crippen molar-refractivity contribution in [2.24, 2.45) is 4.99 Å². The summed E-state index contributed by atoms with van der Waals surface area (Å²) in [5.41, 5.74) is 7.95. The minimum absolute atomic E-state index is 0.0593. The molecular weight excluding hydrogens is 610 g/mol. The minimum Gasteiger partial charge on any atom is -0.494 e. The van der Waals surface area contributed by atoms with E-state index in [1.165, 1.54) is 0 Å². The Hall–Kier alpha value is -5.32. The number of methoxy groups -OCH3 is 3. The highest BCUT2D eigenvalue weighted by Crippen LogP contribution is 2.43. The number of nitrogens with zero attached hydrogens (tertiary/aromatic N) is 1. The lowest BCUT2D eigenvalue weighted by Gasteiger charge is -2.29. The molecular formula is C38H41N3O7. The Balaban J connectivity index is 1.47. The van der Waals surface area contributed by atoms with Gasteiger partial charge in [-0.25, -0.2) is 10.4 Å². The van der Waals surface area contributed by atoms with Crippen molar-refractivity contribution in [1.29, 1.82) is 0 Å². The Bertz CT molecular complexity index is 1670. The van der Waals surface area contributed by atoms with Crippen LogP contribution in [0.1, 0.15) is 41.2 Å². The van der Waals surface area contributed by atoms with E-state index in [2.05, 4.69) is 10.9 Å². The second-order valence-electron chi connectivity index (χ2n) is 11.1. The number of aliphatic hydroxyl groups excluding tert-OH is 1. The molecule has 5 rings (SSSR count). The normalized spacial score (nSPS) is 17.0. The highest BCUT2D eigenvalue weighted by molar-refractivity contribution is 6.01. The van der Waals surface area contributed by atoms with E-state index in [4.69, 9.17) is 33.8 Å². The summed E-state index contributed by atoms with van der Waals surface area (Å²) in [4.78, 5) is 19.5. The number of ether oxygens (including phenoxy) is 5. The van der Waals surface area contributed by atoms with E-state index in [1.54, 1.807) is 21.3 Å². The smallest absolute Gasteiger partial charge is 0.266 e. The number of hydrazine groups is 1. The number of rotatable bonds is 16. The zero-order valence-electron chi connectivity index (χ0n) is 27.3. The van der Waals surface area contributed by atoms with E-state index < -0.39 is 11.6 Å². The van der Waals surface area contributed by atoms with Gasteiger partial charge in [0.2, 0.25) is 11.6 Å². The third-order valence-corrected chi connectivity index (χ3v) is 7.89. The van der Waals surface area contributed by atoms with Crippen LogP contribution in [-0.4, -0.2) is 57.0 Å². The Morgan fingerprint density at radius 3 is 2.21 bits per heavy atom. The molecule has 0 radical (unpaired) electrons. The van der Waals surface area contributed by atoms with Crippen LogP contribution >= 0.6 is 0 Å². The monoisotopic (exact) mass is 651 g/mol. The van der Waals surface area contributed by atoms with Crippen LogP contribution in [0.15, 0.2) is 108 Å². The first-order valence-electron chi connectivity index (χ1n) is 15.7. The third-order valence-electron chi connectivity index (χ3n) is 7.89. The standard InChI is InChI=1S/C38H41N3O7/c1-44-32-24-28(25-33(45-2)34(32)46-3)26-39-41-37(43)38(21-10-14-27-12-6-4-7-13-27)35(29-15-8-5-9-16-29)48-36(40-38)30-17-19-31(20-18-30)47-23-11-22-42/h4-10,12-20,24-25,35,39,42H,11,21-23,26H2,1-3H3,(H,41,43)/b14-10+/t35-,38-/m0/s1. The van der Waals surface area contributed by atoms with Gasteiger partial charge in [0.1, 0.15) is 5.75 Å². The average Bonchev–Trinajstić information content (AvgIpc) is 3.53. The van der Waals surface area contributed by atoms with Crippen LogP contribution in [-0.2, 0) is 16.1 Å². The van der Waals surface area contributed by atoms with Crippen LogP contribution in [0.25, 0.3) is 6.08 Å². The summed E-state index contributed by atoms with van der Waals surface area (Å²) in [5.74, 6) is 2.15. The molecule has 4 aromatic carbocycles. The molecule has 4 aromatic rings. The van der Waals surface area contributed by atoms with Gasteiger partial charge < -0.3 is 28.8 Å². The summed E-state index contributed by atoms with van der Waals surface area (Å²) in [6, 6.07) is 30.5. The van der Waals surface area contributed by atoms with Crippen LogP contribution in [0, 0.1) is 0 Å². The predicted molar refractivity (Wildman–Crippen MR) is 184 cm³/mol. The number of amides is 1. The molecule has 0 bridgehead atoms. The van der Waals surface area contributed by atoms with Gasteiger partial charge in [-0.2, -0.15) is 0 Å². The van der Waals surface area contributed by atoms with Gasteiger partial charge in [0.15, 0.2) is 23.1 Å². The molecule has 10 nitrogen and oxygen atoms in total. The molecule has 0 aliphatic carbocycles. The van der Waals surface area contributed by atoms with E-state index in [-0.39, 0.29) is 25.5 Å². The second kappa shape index (κ2) is 16.5. The second-order valence-corrected chi connectivity index (χ2v) is 11.1. The summed E-state index contributed by atoms with van der Waals surface area (Å²) >= 11 is 0. The van der Waals surface area contributed by atoms with Gasteiger partial charge >= 0.3 is 0 Å². The number of hydrogen-bond acceptors (Lipinski definition) is 9. The first-order valence-corrected chi connectivity index (χ1v) is 15.7. The number of aliphatic imine (C=N–C) groups is 1. The summed E-state index contributed by atoms with van der Waals surface area (Å²) in [6.45, 7) is 0.733. The molecule has 0 saturated heterocycles. The average molecular weight is 652 g/mol. The lowest BCUT2D eigenvalue weighted by atomic mass is 9.84. The molecule has 0 spiro atoms. The summed E-state index contributed by atoms with van der Waals surface area (Å²) in [7, 11) is 4.66. The Labute approximate surface area is 281 Å². The fraction of sp³-hybridized carbons (Fsp3) is 0.263. The van der Waals surface area contributed by atoms with Crippen molar-refractivity contribution in [2.45, 2.75) is 31.0 Å². The maximum Gasteiger partial charge on any atom is 0.266 e. The molecule has 250 valence electrons. The van der Waals surface area contributed by atoms with Gasteiger partial charge in [0, 0.05) is 31.6 Å². The van der Waals surface area contributed by atoms with E-state index in [9.17, 15) is 4.79 Å². The van der Waals surface area contributed by atoms with E-state index >= 15 is 0 Å². The molecule has 0 saturated carbocycles. The van der Waals surface area contributed by atoms with Crippen molar-refractivity contribution >= 4 is 17.9 Å². The molecule has 48 heavy (non-hydrogen) atoms. The topological polar surface area (TPSA) is 120 Å². The molecule has 0 fully saturated rings. The number of hydrogen-bond donors (Lipinski definition) is 3. The van der Waals surface area contributed by atoms with Gasteiger partial charge in [-0.15, -0.1) is 0 Å². The quantitative estimate of drug-likeness (QED) is 0.105. The van der Waals surface area contributed by atoms with E-state index in [0.717, 1.165) is 16.7 Å². The fourth-order valence-electron chi connectivity index (χ4n) is 5.45. The summed E-state index contributed by atoms with van der Waals surface area (Å²) in [5, 5.41) is 9.08. The zero-order valence-corrected chi connectivity index (χ0v) is 27.3. The largest absolute Gasteiger partial charge is 0.494 e. The molecule has 1 aliphatic rings. The van der Waals surface area contributed by atoms with Crippen molar-refractivity contribution < 1.29 is 33.6 Å². The van der Waals surface area contributed by atoms with Crippen LogP contribution in [0.3, 0.4) is 0 Å². The lowest BCUT2D eigenvalue weighted by Crippen LogP contribution is -2.52. The van der Waals surface area contributed by atoms with Crippen LogP contribution in [0.4, 0.5) is 0 Å². The van der Waals surface area contributed by atoms with E-state index in [0.29, 0.717) is 47.5 Å². The van der Waals surface area contributed by atoms with Crippen molar-refractivity contribution in [3.05, 3.63) is 125 Å². The lowest BCUT2D eigenvalue weighted by molar-refractivity contribution is -0.129. The Morgan fingerprint density at radius 2 is 1.58 bits per heavy atom. The Kier molecular flexibility index (Phi) is 11.7. The molecule has 1 aliphatic heterocycles. The van der Waals surface area contributed by atoms with Gasteiger partial charge in [-0.3, -0.25) is 10.2 Å². The number of nitrogens with one attached hydrogen (secondary N) is 2. The van der Waals surface area contributed by atoms with Crippen molar-refractivity contribution in [3.63, 3.8) is 0 Å². The van der Waals surface area contributed by atoms with Gasteiger partial charge in [-0.1, -0.05) is 72.8 Å². The van der Waals surface area contributed by atoms with Gasteiger partial charge in [-0.05, 0) is 53.1 Å². The van der Waals surface area contributed by atoms with Crippen LogP contribution in [0.5, 0.6) is 23.0 Å². The minimum atomic E-state index is -1.36. The van der Waals surface area contributed by atoms with Gasteiger partial charge in [0.25, 0.3) is 5.91 Å². The molecule has 1 heterocycles. The highest BCUT2D eigenvalue weighted by atomic mass is 16.5. The summed E-state index contributed by atoms with van der Waals surface area (Å²) < 4.78 is 28.7. The third kappa shape index (κ3) is 7.96. The number of aliphatic hydroxyl groups is 1. The van der Waals surface area contributed by atoms with Gasteiger partial charge in [0.05, 0.1) is 27.9 Å². The molecule has 3 N–H and O–H groups in total. The first-order chi connectivity index (χ1) is 23.5. The molecule has 1 amide bonds. The van der Waals surface area contributed by atoms with Crippen LogP contribution in [0.2, 0.25) is 0 Å². The molecule has 0 aromatic heterocycles. The first kappa shape index (κ1) is 34.0. The number of benzene rings is 4.